The number of ether oxygens (including phenoxy) is 2. The van der Waals surface area contributed by atoms with Crippen LogP contribution >= 0.6 is 0 Å². The standard InChI is InChI=1S/C25H24N2O3/c1-29-18-13-11-17(12-14-18)21(22-16-26-23-9-5-3-7-19(22)23)15-27-25(28)20-8-4-6-10-24(20)30-2/h3-14,16,21,26H,15H2,1-2H3,(H,27,28)/t21-/m0/s1. The first-order valence-electron chi connectivity index (χ1n) is 9.82. The molecule has 2 N–H and O–H groups in total. The van der Waals surface area contributed by atoms with Crippen LogP contribution in [0.1, 0.15) is 27.4 Å². The van der Waals surface area contributed by atoms with Crippen molar-refractivity contribution in [1.29, 1.82) is 0 Å². The van der Waals surface area contributed by atoms with E-state index in [1.54, 1.807) is 26.4 Å². The Morgan fingerprint density at radius 1 is 0.933 bits per heavy atom. The Kier molecular flexibility index (Phi) is 5.70. The molecule has 30 heavy (non-hydrogen) atoms. The van der Waals surface area contributed by atoms with E-state index in [0.717, 1.165) is 27.8 Å². The number of benzene rings is 3. The third-order valence-electron chi connectivity index (χ3n) is 5.33. The monoisotopic (exact) mass is 400 g/mol. The maximum absolute atomic E-state index is 12.9. The van der Waals surface area contributed by atoms with Gasteiger partial charge in [-0.3, -0.25) is 4.79 Å². The minimum Gasteiger partial charge on any atom is -0.497 e. The molecule has 1 aromatic heterocycles. The lowest BCUT2D eigenvalue weighted by Crippen LogP contribution is -2.29. The quantitative estimate of drug-likeness (QED) is 0.471. The van der Waals surface area contributed by atoms with Crippen molar-refractivity contribution in [1.82, 2.24) is 10.3 Å². The molecule has 0 aliphatic rings. The van der Waals surface area contributed by atoms with Crippen LogP contribution in [0, 0.1) is 0 Å². The summed E-state index contributed by atoms with van der Waals surface area (Å²) in [5.41, 5.74) is 3.83. The zero-order chi connectivity index (χ0) is 20.9. The zero-order valence-electron chi connectivity index (χ0n) is 17.0. The maximum atomic E-state index is 12.9. The molecule has 0 saturated heterocycles. The van der Waals surface area contributed by atoms with E-state index >= 15 is 0 Å². The normalized spacial score (nSPS) is 11.8. The van der Waals surface area contributed by atoms with Crippen molar-refractivity contribution in [3.05, 3.63) is 95.7 Å². The highest BCUT2D eigenvalue weighted by Crippen LogP contribution is 2.31. The van der Waals surface area contributed by atoms with Gasteiger partial charge in [-0.1, -0.05) is 42.5 Å². The Bertz CT molecular complexity index is 1150. The lowest BCUT2D eigenvalue weighted by atomic mass is 9.90. The SMILES string of the molecule is COc1ccc([C@H](CNC(=O)c2ccccc2OC)c2c[nH]c3ccccc23)cc1. The highest BCUT2D eigenvalue weighted by Gasteiger charge is 2.20. The molecule has 1 atom stereocenters. The number of aromatic amines is 1. The number of nitrogens with one attached hydrogen (secondary N) is 2. The summed E-state index contributed by atoms with van der Waals surface area (Å²) in [5, 5.41) is 4.23. The third-order valence-corrected chi connectivity index (χ3v) is 5.33. The Labute approximate surface area is 175 Å². The Balaban J connectivity index is 1.66. The average Bonchev–Trinajstić information content (AvgIpc) is 3.23. The van der Waals surface area contributed by atoms with E-state index in [4.69, 9.17) is 9.47 Å². The van der Waals surface area contributed by atoms with Crippen LogP contribution in [-0.2, 0) is 0 Å². The first-order valence-corrected chi connectivity index (χ1v) is 9.82. The summed E-state index contributed by atoms with van der Waals surface area (Å²) in [6.45, 7) is 0.449. The molecule has 5 nitrogen and oxygen atoms in total. The zero-order valence-corrected chi connectivity index (χ0v) is 17.0. The van der Waals surface area contributed by atoms with E-state index in [2.05, 4.69) is 22.4 Å². The number of hydrogen-bond acceptors (Lipinski definition) is 3. The van der Waals surface area contributed by atoms with E-state index in [0.29, 0.717) is 17.9 Å². The predicted molar refractivity (Wildman–Crippen MR) is 118 cm³/mol. The molecular weight excluding hydrogens is 376 g/mol. The van der Waals surface area contributed by atoms with Gasteiger partial charge in [0, 0.05) is 29.6 Å². The van der Waals surface area contributed by atoms with Crippen LogP contribution < -0.4 is 14.8 Å². The fourth-order valence-electron chi connectivity index (χ4n) is 3.75. The molecule has 1 heterocycles. The summed E-state index contributed by atoms with van der Waals surface area (Å²) in [7, 11) is 3.22. The fourth-order valence-corrected chi connectivity index (χ4v) is 3.75. The van der Waals surface area contributed by atoms with Gasteiger partial charge in [-0.2, -0.15) is 0 Å². The second-order valence-corrected chi connectivity index (χ2v) is 7.03. The largest absolute Gasteiger partial charge is 0.497 e. The van der Waals surface area contributed by atoms with E-state index in [-0.39, 0.29) is 11.8 Å². The second-order valence-electron chi connectivity index (χ2n) is 7.03. The number of H-pyrrole nitrogens is 1. The van der Waals surface area contributed by atoms with E-state index in [1.165, 1.54) is 0 Å². The van der Waals surface area contributed by atoms with Gasteiger partial charge in [-0.05, 0) is 41.5 Å². The van der Waals surface area contributed by atoms with Crippen LogP contribution in [0.15, 0.2) is 79.0 Å². The van der Waals surface area contributed by atoms with Crippen LogP contribution in [0.4, 0.5) is 0 Å². The number of methoxy groups -OCH3 is 2. The van der Waals surface area contributed by atoms with Crippen molar-refractivity contribution in [2.45, 2.75) is 5.92 Å². The molecule has 152 valence electrons. The van der Waals surface area contributed by atoms with Gasteiger partial charge < -0.3 is 19.8 Å². The van der Waals surface area contributed by atoms with Crippen molar-refractivity contribution in [3.63, 3.8) is 0 Å². The molecular formula is C25H24N2O3. The minimum absolute atomic E-state index is 0.0225. The molecule has 0 spiro atoms. The van der Waals surface area contributed by atoms with Gasteiger partial charge in [-0.15, -0.1) is 0 Å². The molecule has 0 radical (unpaired) electrons. The van der Waals surface area contributed by atoms with Crippen molar-refractivity contribution < 1.29 is 14.3 Å². The van der Waals surface area contributed by atoms with Crippen LogP contribution in [0.3, 0.4) is 0 Å². The van der Waals surface area contributed by atoms with Crippen molar-refractivity contribution in [3.8, 4) is 11.5 Å². The minimum atomic E-state index is -0.161. The lowest BCUT2D eigenvalue weighted by Gasteiger charge is -2.19. The number of aromatic nitrogens is 1. The highest BCUT2D eigenvalue weighted by atomic mass is 16.5. The molecule has 0 aliphatic heterocycles. The summed E-state index contributed by atoms with van der Waals surface area (Å²) >= 11 is 0. The number of rotatable bonds is 7. The van der Waals surface area contributed by atoms with Crippen LogP contribution in [0.2, 0.25) is 0 Å². The molecule has 0 unspecified atom stereocenters. The molecule has 4 rings (SSSR count). The van der Waals surface area contributed by atoms with Crippen LogP contribution in [0.25, 0.3) is 10.9 Å². The van der Waals surface area contributed by atoms with Gasteiger partial charge in [0.15, 0.2) is 0 Å². The molecule has 3 aromatic carbocycles. The maximum Gasteiger partial charge on any atom is 0.255 e. The first kappa shape index (κ1) is 19.6. The smallest absolute Gasteiger partial charge is 0.255 e. The predicted octanol–water partition coefficient (Wildman–Crippen LogP) is 4.75. The summed E-state index contributed by atoms with van der Waals surface area (Å²) in [6, 6.07) is 23.4. The molecule has 1 amide bonds. The van der Waals surface area contributed by atoms with Gasteiger partial charge in [0.1, 0.15) is 11.5 Å². The molecule has 4 aromatic rings. The average molecular weight is 400 g/mol. The first-order chi connectivity index (χ1) is 14.7. The van der Waals surface area contributed by atoms with Gasteiger partial charge in [0.25, 0.3) is 5.91 Å². The number of amides is 1. The number of carbonyl (C=O) groups is 1. The molecule has 0 fully saturated rings. The van der Waals surface area contributed by atoms with E-state index in [9.17, 15) is 4.79 Å². The molecule has 5 heteroatoms. The fraction of sp³-hybridized carbons (Fsp3) is 0.160. The van der Waals surface area contributed by atoms with Crippen molar-refractivity contribution >= 4 is 16.8 Å². The Hall–Kier alpha value is -3.73. The Morgan fingerprint density at radius 3 is 2.43 bits per heavy atom. The summed E-state index contributed by atoms with van der Waals surface area (Å²) in [5.74, 6) is 1.18. The molecule has 0 aliphatic carbocycles. The number of hydrogen-bond donors (Lipinski definition) is 2. The third kappa shape index (κ3) is 3.87. The molecule has 0 bridgehead atoms. The van der Waals surface area contributed by atoms with Crippen molar-refractivity contribution in [2.75, 3.05) is 20.8 Å². The summed E-state index contributed by atoms with van der Waals surface area (Å²) in [6.07, 6.45) is 2.02. The molecule has 0 saturated carbocycles. The van der Waals surface area contributed by atoms with Gasteiger partial charge >= 0.3 is 0 Å². The Morgan fingerprint density at radius 2 is 1.67 bits per heavy atom. The number of para-hydroxylation sites is 2. The van der Waals surface area contributed by atoms with Gasteiger partial charge in [0.2, 0.25) is 0 Å². The second kappa shape index (κ2) is 8.74. The van der Waals surface area contributed by atoms with Crippen LogP contribution in [-0.4, -0.2) is 31.7 Å². The van der Waals surface area contributed by atoms with E-state index in [1.807, 2.05) is 54.7 Å². The lowest BCUT2D eigenvalue weighted by molar-refractivity contribution is 0.0949. The topological polar surface area (TPSA) is 63.4 Å². The number of carbonyl (C=O) groups excluding carboxylic acids is 1. The number of fused-ring (bicyclic) bond motifs is 1. The van der Waals surface area contributed by atoms with Gasteiger partial charge in [-0.25, -0.2) is 0 Å². The van der Waals surface area contributed by atoms with Crippen LogP contribution in [0.5, 0.6) is 11.5 Å². The van der Waals surface area contributed by atoms with Crippen molar-refractivity contribution in [2.24, 2.45) is 0 Å². The summed E-state index contributed by atoms with van der Waals surface area (Å²) in [4.78, 5) is 16.2. The summed E-state index contributed by atoms with van der Waals surface area (Å²) < 4.78 is 10.6. The van der Waals surface area contributed by atoms with E-state index < -0.39 is 0 Å². The van der Waals surface area contributed by atoms with Gasteiger partial charge in [0.05, 0.1) is 19.8 Å². The highest BCUT2D eigenvalue weighted by molar-refractivity contribution is 5.97.